The van der Waals surface area contributed by atoms with Crippen LogP contribution in [0.2, 0.25) is 0 Å². The van der Waals surface area contributed by atoms with Gasteiger partial charge in [0.1, 0.15) is 12.1 Å². The van der Waals surface area contributed by atoms with Gasteiger partial charge in [0.05, 0.1) is 6.04 Å². The molecule has 10 heteroatoms. The molecule has 0 bridgehead atoms. The van der Waals surface area contributed by atoms with Gasteiger partial charge in [0.2, 0.25) is 17.6 Å². The minimum Gasteiger partial charge on any atom is -0.349 e. The highest BCUT2D eigenvalue weighted by Gasteiger charge is 2.69. The summed E-state index contributed by atoms with van der Waals surface area (Å²) in [5.74, 6) is -2.15. The molecular formula is C32H51N5O5. The summed E-state index contributed by atoms with van der Waals surface area (Å²) in [6.07, 6.45) is 9.17. The third-order valence-corrected chi connectivity index (χ3v) is 9.07. The van der Waals surface area contributed by atoms with E-state index in [1.54, 1.807) is 17.1 Å². The van der Waals surface area contributed by atoms with Crippen molar-refractivity contribution in [2.45, 2.75) is 110 Å². The molecule has 4 N–H and O–H groups in total. The van der Waals surface area contributed by atoms with Gasteiger partial charge in [-0.05, 0) is 76.0 Å². The van der Waals surface area contributed by atoms with Gasteiger partial charge in [-0.1, -0.05) is 45.3 Å². The van der Waals surface area contributed by atoms with Gasteiger partial charge in [0, 0.05) is 18.6 Å². The highest BCUT2D eigenvalue weighted by molar-refractivity contribution is 6.38. The molecule has 2 aliphatic carbocycles. The molecule has 0 aromatic carbocycles. The number of amides is 5. The minimum absolute atomic E-state index is 0.0215. The van der Waals surface area contributed by atoms with E-state index in [1.807, 2.05) is 20.8 Å². The van der Waals surface area contributed by atoms with Crippen LogP contribution >= 0.6 is 0 Å². The van der Waals surface area contributed by atoms with E-state index in [4.69, 9.17) is 0 Å². The summed E-state index contributed by atoms with van der Waals surface area (Å²) >= 11 is 0. The fraction of sp³-hybridized carbons (Fsp3) is 0.719. The average Bonchev–Trinajstić information content (AvgIpc) is 3.24. The molecule has 5 atom stereocenters. The molecule has 0 aromatic heterocycles. The number of carbonyl (C=O) groups excluding carboxylic acids is 5. The van der Waals surface area contributed by atoms with E-state index in [0.717, 1.165) is 32.1 Å². The summed E-state index contributed by atoms with van der Waals surface area (Å²) in [7, 11) is 0. The van der Waals surface area contributed by atoms with Crippen molar-refractivity contribution in [1.29, 1.82) is 0 Å². The molecule has 42 heavy (non-hydrogen) atoms. The van der Waals surface area contributed by atoms with Crippen LogP contribution in [0, 0.1) is 23.2 Å². The minimum atomic E-state index is -1.04. The number of rotatable bonds is 13. The smallest absolute Gasteiger partial charge is 0.315 e. The third kappa shape index (κ3) is 8.01. The maximum absolute atomic E-state index is 14.2. The van der Waals surface area contributed by atoms with Crippen molar-refractivity contribution in [3.8, 4) is 0 Å². The summed E-state index contributed by atoms with van der Waals surface area (Å²) in [5, 5.41) is 11.3. The summed E-state index contributed by atoms with van der Waals surface area (Å²) in [6.45, 7) is 17.8. The van der Waals surface area contributed by atoms with Crippen LogP contribution in [0.1, 0.15) is 86.0 Å². The molecule has 10 nitrogen and oxygen atoms in total. The first-order chi connectivity index (χ1) is 19.7. The molecule has 3 aliphatic rings. The molecule has 2 saturated carbocycles. The monoisotopic (exact) mass is 585 g/mol. The molecule has 1 heterocycles. The summed E-state index contributed by atoms with van der Waals surface area (Å²) in [5.41, 5.74) is -0.615. The third-order valence-electron chi connectivity index (χ3n) is 9.07. The number of piperidine rings is 1. The van der Waals surface area contributed by atoms with E-state index >= 15 is 0 Å². The van der Waals surface area contributed by atoms with Crippen molar-refractivity contribution in [3.05, 3.63) is 25.3 Å². The second kappa shape index (κ2) is 13.9. The predicted octanol–water partition coefficient (Wildman–Crippen LogP) is 3.23. The Morgan fingerprint density at radius 2 is 1.62 bits per heavy atom. The Morgan fingerprint density at radius 1 is 0.976 bits per heavy atom. The first kappa shape index (κ1) is 33.3. The van der Waals surface area contributed by atoms with Crippen molar-refractivity contribution in [2.24, 2.45) is 23.2 Å². The number of Topliss-reactive ketones (excluding diaryl/α,β-unsaturated/α-hetero) is 1. The van der Waals surface area contributed by atoms with Crippen molar-refractivity contribution in [3.63, 3.8) is 0 Å². The average molecular weight is 586 g/mol. The van der Waals surface area contributed by atoms with Gasteiger partial charge in [0.15, 0.2) is 0 Å². The number of carbonyl (C=O) groups is 5. The summed E-state index contributed by atoms with van der Waals surface area (Å²) in [4.78, 5) is 68.3. The van der Waals surface area contributed by atoms with Crippen LogP contribution in [0.4, 0.5) is 4.79 Å². The van der Waals surface area contributed by atoms with Crippen LogP contribution in [-0.4, -0.2) is 71.2 Å². The fourth-order valence-corrected chi connectivity index (χ4v) is 6.70. The highest BCUT2D eigenvalue weighted by atomic mass is 16.2. The molecule has 0 spiro atoms. The largest absolute Gasteiger partial charge is 0.349 e. The summed E-state index contributed by atoms with van der Waals surface area (Å²) in [6, 6.07) is -2.99. The second-order valence-electron chi connectivity index (χ2n) is 13.7. The van der Waals surface area contributed by atoms with E-state index in [9.17, 15) is 24.0 Å². The van der Waals surface area contributed by atoms with Crippen molar-refractivity contribution in [2.75, 3.05) is 13.1 Å². The van der Waals surface area contributed by atoms with Crippen LogP contribution in [0.3, 0.4) is 0 Å². The number of nitrogens with zero attached hydrogens (tertiary/aromatic N) is 1. The lowest BCUT2D eigenvalue weighted by molar-refractivity contribution is -0.144. The molecule has 5 amide bonds. The van der Waals surface area contributed by atoms with Gasteiger partial charge in [-0.3, -0.25) is 19.2 Å². The zero-order chi connectivity index (χ0) is 31.2. The number of allylic oxidation sites excluding steroid dienone is 1. The Kier molecular flexibility index (Phi) is 11.0. The van der Waals surface area contributed by atoms with E-state index in [0.29, 0.717) is 19.4 Å². The van der Waals surface area contributed by atoms with Gasteiger partial charge in [0.25, 0.3) is 5.91 Å². The number of urea groups is 1. The van der Waals surface area contributed by atoms with E-state index < -0.39 is 47.3 Å². The van der Waals surface area contributed by atoms with Crippen molar-refractivity contribution in [1.82, 2.24) is 26.2 Å². The number of nitrogens with one attached hydrogen (secondary N) is 4. The highest BCUT2D eigenvalue weighted by Crippen LogP contribution is 2.65. The molecule has 0 radical (unpaired) electrons. The quantitative estimate of drug-likeness (QED) is 0.149. The van der Waals surface area contributed by atoms with Crippen LogP contribution in [-0.2, 0) is 19.2 Å². The maximum Gasteiger partial charge on any atom is 0.315 e. The van der Waals surface area contributed by atoms with Gasteiger partial charge in [-0.2, -0.15) is 0 Å². The second-order valence-corrected chi connectivity index (χ2v) is 13.7. The van der Waals surface area contributed by atoms with Crippen LogP contribution in [0.5, 0.6) is 0 Å². The molecule has 234 valence electrons. The van der Waals surface area contributed by atoms with Gasteiger partial charge in [-0.15, -0.1) is 13.2 Å². The van der Waals surface area contributed by atoms with Crippen molar-refractivity contribution < 1.29 is 24.0 Å². The molecule has 1 aliphatic heterocycles. The number of likely N-dealkylation sites (tertiary alicyclic amines) is 1. The molecule has 1 saturated heterocycles. The number of hydrogen-bond acceptors (Lipinski definition) is 5. The number of hydrogen-bond donors (Lipinski definition) is 4. The van der Waals surface area contributed by atoms with Gasteiger partial charge < -0.3 is 26.2 Å². The topological polar surface area (TPSA) is 137 Å². The van der Waals surface area contributed by atoms with Gasteiger partial charge in [-0.25, -0.2) is 4.79 Å². The number of fused-ring (bicyclic) bond motifs is 1. The zero-order valence-corrected chi connectivity index (χ0v) is 26.1. The number of ketones is 1. The first-order valence-corrected chi connectivity index (χ1v) is 15.5. The Morgan fingerprint density at radius 3 is 2.21 bits per heavy atom. The Balaban J connectivity index is 1.83. The fourth-order valence-electron chi connectivity index (χ4n) is 6.70. The standard InChI is InChI=1S/C32H51N5O5/c1-8-10-17-22(26(38)28(40)33-18-11-9-2)34-27(39)25-23-21(32(23,6)7)19-37(25)29(41)24(20-15-13-12-14-16-20)35-30(42)36-31(3,4)5/h8-9,20-25H,1-2,10-19H2,3-7H3,(H,33,40)(H,34,39)(H2,35,36,42)/t21?,22?,23-,24-,25-/m0/s1. The summed E-state index contributed by atoms with van der Waals surface area (Å²) < 4.78 is 0. The normalized spacial score (nSPS) is 24.4. The lowest BCUT2D eigenvalue weighted by atomic mass is 9.83. The van der Waals surface area contributed by atoms with Crippen LogP contribution in [0.25, 0.3) is 0 Å². The lowest BCUT2D eigenvalue weighted by Gasteiger charge is -2.37. The molecule has 3 rings (SSSR count). The van der Waals surface area contributed by atoms with Crippen molar-refractivity contribution >= 4 is 29.5 Å². The van der Waals surface area contributed by atoms with Crippen LogP contribution in [0.15, 0.2) is 25.3 Å². The van der Waals surface area contributed by atoms with E-state index in [-0.39, 0.29) is 42.0 Å². The Labute approximate surface area is 250 Å². The Hall–Kier alpha value is -3.17. The SMILES string of the molecule is C=CCCNC(=O)C(=O)C(CCC=C)NC(=O)[C@@H]1[C@@H]2C(CN1C(=O)[C@@H](NC(=O)NC(C)(C)C)C1CCCCC1)C2(C)C. The first-order valence-electron chi connectivity index (χ1n) is 15.5. The molecule has 0 aromatic rings. The lowest BCUT2D eigenvalue weighted by Crippen LogP contribution is -2.61. The molecular weight excluding hydrogens is 534 g/mol. The predicted molar refractivity (Wildman–Crippen MR) is 162 cm³/mol. The Bertz CT molecular complexity index is 1060. The van der Waals surface area contributed by atoms with Crippen LogP contribution < -0.4 is 21.3 Å². The molecule has 3 fully saturated rings. The van der Waals surface area contributed by atoms with E-state index in [1.165, 1.54) is 0 Å². The zero-order valence-electron chi connectivity index (χ0n) is 26.1. The van der Waals surface area contributed by atoms with Gasteiger partial charge >= 0.3 is 6.03 Å². The molecule has 2 unspecified atom stereocenters. The maximum atomic E-state index is 14.2. The van der Waals surface area contributed by atoms with E-state index in [2.05, 4.69) is 48.3 Å².